The van der Waals surface area contributed by atoms with Crippen molar-refractivity contribution in [1.29, 1.82) is 0 Å². The van der Waals surface area contributed by atoms with Crippen molar-refractivity contribution >= 4 is 29.0 Å². The fourth-order valence-electron chi connectivity index (χ4n) is 3.43. The van der Waals surface area contributed by atoms with E-state index >= 15 is 0 Å². The van der Waals surface area contributed by atoms with E-state index < -0.39 is 0 Å². The van der Waals surface area contributed by atoms with Gasteiger partial charge in [0.15, 0.2) is 0 Å². The maximum absolute atomic E-state index is 12.4. The van der Waals surface area contributed by atoms with Gasteiger partial charge < -0.3 is 10.2 Å². The average molecular weight is 409 g/mol. The molecular formula is C21H24N6OS. The van der Waals surface area contributed by atoms with Gasteiger partial charge in [0.1, 0.15) is 0 Å². The number of amides is 1. The Kier molecular flexibility index (Phi) is 6.09. The molecule has 0 radical (unpaired) electrons. The lowest BCUT2D eigenvalue weighted by Crippen LogP contribution is -2.29. The summed E-state index contributed by atoms with van der Waals surface area (Å²) in [7, 11) is 0. The van der Waals surface area contributed by atoms with Crippen molar-refractivity contribution in [3.8, 4) is 5.69 Å². The van der Waals surface area contributed by atoms with Crippen LogP contribution in [0.4, 0.5) is 11.4 Å². The molecule has 0 unspecified atom stereocenters. The van der Waals surface area contributed by atoms with E-state index in [0.717, 1.165) is 30.0 Å². The molecule has 0 aliphatic carbocycles. The zero-order valence-corrected chi connectivity index (χ0v) is 17.2. The average Bonchev–Trinajstić information content (AvgIpc) is 3.22. The summed E-state index contributed by atoms with van der Waals surface area (Å²) in [5, 5.41) is 15.4. The van der Waals surface area contributed by atoms with Crippen molar-refractivity contribution in [2.45, 2.75) is 31.3 Å². The predicted octanol–water partition coefficient (Wildman–Crippen LogP) is 3.69. The first-order valence-corrected chi connectivity index (χ1v) is 10.8. The van der Waals surface area contributed by atoms with Gasteiger partial charge in [0.2, 0.25) is 11.1 Å². The molecular weight excluding hydrogens is 384 g/mol. The minimum absolute atomic E-state index is 0.0838. The number of aryl methyl sites for hydroxylation is 1. The molecule has 1 saturated heterocycles. The first-order valence-electron chi connectivity index (χ1n) is 9.82. The summed E-state index contributed by atoms with van der Waals surface area (Å²) in [6.07, 6.45) is 3.81. The van der Waals surface area contributed by atoms with E-state index in [1.807, 2.05) is 43.3 Å². The summed E-state index contributed by atoms with van der Waals surface area (Å²) < 4.78 is 1.65. The first kappa shape index (κ1) is 19.4. The van der Waals surface area contributed by atoms with Crippen LogP contribution in [0.2, 0.25) is 0 Å². The molecule has 8 heteroatoms. The number of benzene rings is 2. The van der Waals surface area contributed by atoms with E-state index in [0.29, 0.717) is 5.16 Å². The van der Waals surface area contributed by atoms with Crippen LogP contribution in [0.25, 0.3) is 5.69 Å². The normalized spacial score (nSPS) is 14.0. The second kappa shape index (κ2) is 9.09. The molecule has 1 fully saturated rings. The number of anilines is 2. The quantitative estimate of drug-likeness (QED) is 0.627. The minimum Gasteiger partial charge on any atom is -0.372 e. The number of tetrazole rings is 1. The molecule has 3 aromatic rings. The Morgan fingerprint density at radius 2 is 1.86 bits per heavy atom. The molecule has 1 aliphatic rings. The summed E-state index contributed by atoms with van der Waals surface area (Å²) in [5.74, 6) is 0.152. The molecule has 150 valence electrons. The standard InChI is InChI=1S/C21H24N6OS/c1-16-6-5-7-19(14-16)27-21(23-24-25-27)29-15-20(28)22-17-8-10-18(11-9-17)26-12-3-2-4-13-26/h5-11,14H,2-4,12-13,15H2,1H3,(H,22,28). The number of piperidine rings is 1. The largest absolute Gasteiger partial charge is 0.372 e. The van der Waals surface area contributed by atoms with E-state index in [2.05, 4.69) is 37.9 Å². The number of thioether (sulfide) groups is 1. The van der Waals surface area contributed by atoms with Gasteiger partial charge in [-0.1, -0.05) is 23.9 Å². The lowest BCUT2D eigenvalue weighted by molar-refractivity contribution is -0.113. The van der Waals surface area contributed by atoms with Gasteiger partial charge in [-0.2, -0.15) is 4.68 Å². The number of carbonyl (C=O) groups is 1. The van der Waals surface area contributed by atoms with Crippen LogP contribution in [0, 0.1) is 6.92 Å². The van der Waals surface area contributed by atoms with Crippen molar-refractivity contribution in [1.82, 2.24) is 20.2 Å². The van der Waals surface area contributed by atoms with Gasteiger partial charge in [-0.15, -0.1) is 5.10 Å². The number of carbonyl (C=O) groups excluding carboxylic acids is 1. The molecule has 7 nitrogen and oxygen atoms in total. The summed E-state index contributed by atoms with van der Waals surface area (Å²) in [6, 6.07) is 16.0. The van der Waals surface area contributed by atoms with Gasteiger partial charge in [0.05, 0.1) is 11.4 Å². The van der Waals surface area contributed by atoms with Gasteiger partial charge in [-0.05, 0) is 78.6 Å². The van der Waals surface area contributed by atoms with Crippen molar-refractivity contribution < 1.29 is 4.79 Å². The number of aromatic nitrogens is 4. The van der Waals surface area contributed by atoms with Crippen LogP contribution in [0.3, 0.4) is 0 Å². The van der Waals surface area contributed by atoms with Crippen LogP contribution in [-0.4, -0.2) is 45.0 Å². The second-order valence-corrected chi connectivity index (χ2v) is 8.09. The third-order valence-electron chi connectivity index (χ3n) is 4.89. The Morgan fingerprint density at radius 1 is 1.07 bits per heavy atom. The lowest BCUT2D eigenvalue weighted by atomic mass is 10.1. The van der Waals surface area contributed by atoms with Crippen molar-refractivity contribution in [2.24, 2.45) is 0 Å². The molecule has 2 heterocycles. The van der Waals surface area contributed by atoms with Crippen LogP contribution in [-0.2, 0) is 4.79 Å². The second-order valence-electron chi connectivity index (χ2n) is 7.14. The summed E-state index contributed by atoms with van der Waals surface area (Å²) in [5.41, 5.74) is 4.02. The van der Waals surface area contributed by atoms with E-state index in [1.165, 1.54) is 36.7 Å². The Labute approximate surface area is 174 Å². The smallest absolute Gasteiger partial charge is 0.234 e. The topological polar surface area (TPSA) is 75.9 Å². The highest BCUT2D eigenvalue weighted by Gasteiger charge is 2.13. The lowest BCUT2D eigenvalue weighted by Gasteiger charge is -2.28. The fraction of sp³-hybridized carbons (Fsp3) is 0.333. The van der Waals surface area contributed by atoms with Crippen molar-refractivity contribution in [3.63, 3.8) is 0 Å². The van der Waals surface area contributed by atoms with Gasteiger partial charge >= 0.3 is 0 Å². The van der Waals surface area contributed by atoms with E-state index in [1.54, 1.807) is 4.68 Å². The Bertz CT molecular complexity index is 965. The first-order chi connectivity index (χ1) is 14.2. The number of hydrogen-bond acceptors (Lipinski definition) is 6. The van der Waals surface area contributed by atoms with Crippen LogP contribution in [0.5, 0.6) is 0 Å². The number of nitrogens with one attached hydrogen (secondary N) is 1. The zero-order chi connectivity index (χ0) is 20.1. The predicted molar refractivity (Wildman–Crippen MR) is 116 cm³/mol. The van der Waals surface area contributed by atoms with E-state index in [4.69, 9.17) is 0 Å². The van der Waals surface area contributed by atoms with Crippen LogP contribution in [0.15, 0.2) is 53.7 Å². The van der Waals surface area contributed by atoms with Crippen LogP contribution < -0.4 is 10.2 Å². The van der Waals surface area contributed by atoms with Gasteiger partial charge in [0, 0.05) is 24.5 Å². The highest BCUT2D eigenvalue weighted by atomic mass is 32.2. The molecule has 0 atom stereocenters. The maximum Gasteiger partial charge on any atom is 0.234 e. The number of hydrogen-bond donors (Lipinski definition) is 1. The van der Waals surface area contributed by atoms with Gasteiger partial charge in [-0.3, -0.25) is 4.79 Å². The zero-order valence-electron chi connectivity index (χ0n) is 16.4. The van der Waals surface area contributed by atoms with Crippen molar-refractivity contribution in [2.75, 3.05) is 29.1 Å². The minimum atomic E-state index is -0.0838. The molecule has 2 aromatic carbocycles. The molecule has 29 heavy (non-hydrogen) atoms. The molecule has 1 aliphatic heterocycles. The maximum atomic E-state index is 12.4. The molecule has 1 amide bonds. The molecule has 0 saturated carbocycles. The molecule has 1 N–H and O–H groups in total. The van der Waals surface area contributed by atoms with E-state index in [-0.39, 0.29) is 11.7 Å². The number of nitrogens with zero attached hydrogens (tertiary/aromatic N) is 5. The third kappa shape index (κ3) is 4.95. The highest BCUT2D eigenvalue weighted by Crippen LogP contribution is 2.23. The van der Waals surface area contributed by atoms with Crippen LogP contribution >= 0.6 is 11.8 Å². The van der Waals surface area contributed by atoms with Gasteiger partial charge in [0.25, 0.3) is 0 Å². The van der Waals surface area contributed by atoms with E-state index in [9.17, 15) is 4.79 Å². The Hall–Kier alpha value is -2.87. The van der Waals surface area contributed by atoms with Crippen LogP contribution in [0.1, 0.15) is 24.8 Å². The van der Waals surface area contributed by atoms with Gasteiger partial charge in [-0.25, -0.2) is 0 Å². The third-order valence-corrected chi connectivity index (χ3v) is 5.81. The van der Waals surface area contributed by atoms with Crippen molar-refractivity contribution in [3.05, 3.63) is 54.1 Å². The SMILES string of the molecule is Cc1cccc(-n2nnnc2SCC(=O)Nc2ccc(N3CCCCC3)cc2)c1. The molecule has 4 rings (SSSR count). The summed E-state index contributed by atoms with van der Waals surface area (Å²) >= 11 is 1.31. The molecule has 0 bridgehead atoms. The molecule has 0 spiro atoms. The molecule has 1 aromatic heterocycles. The fourth-order valence-corrected chi connectivity index (χ4v) is 4.12. The Morgan fingerprint density at radius 3 is 2.62 bits per heavy atom. The Balaban J connectivity index is 1.33. The highest BCUT2D eigenvalue weighted by molar-refractivity contribution is 7.99. The number of rotatable bonds is 6. The summed E-state index contributed by atoms with van der Waals surface area (Å²) in [6.45, 7) is 4.24. The summed E-state index contributed by atoms with van der Waals surface area (Å²) in [4.78, 5) is 14.8. The monoisotopic (exact) mass is 408 g/mol.